The predicted molar refractivity (Wildman–Crippen MR) is 46.6 cm³/mol. The minimum atomic E-state index is -0.821. The van der Waals surface area contributed by atoms with Gasteiger partial charge in [0.1, 0.15) is 11.7 Å². The van der Waals surface area contributed by atoms with Gasteiger partial charge in [-0.15, -0.1) is 0 Å². The molecule has 11 heavy (non-hydrogen) atoms. The van der Waals surface area contributed by atoms with Gasteiger partial charge in [0.2, 0.25) is 0 Å². The van der Waals surface area contributed by atoms with Crippen LogP contribution in [0, 0.1) is 0 Å². The molecule has 0 fully saturated rings. The minimum Gasteiger partial charge on any atom is -0.207 e. The van der Waals surface area contributed by atoms with Crippen LogP contribution in [-0.4, -0.2) is 0 Å². The molecule has 0 unspecified atom stereocenters. The summed E-state index contributed by atoms with van der Waals surface area (Å²) in [6.07, 6.45) is 2.15. The molecule has 0 aromatic carbocycles. The summed E-state index contributed by atoms with van der Waals surface area (Å²) in [5, 5.41) is 0. The first-order valence-corrected chi connectivity index (χ1v) is 3.68. The van der Waals surface area contributed by atoms with Gasteiger partial charge in [-0.05, 0) is 17.1 Å². The zero-order valence-corrected chi connectivity index (χ0v) is 7.37. The summed E-state index contributed by atoms with van der Waals surface area (Å²) >= 11 is 2.89. The Labute approximate surface area is 72.7 Å². The highest BCUT2D eigenvalue weighted by Crippen LogP contribution is 2.18. The van der Waals surface area contributed by atoms with Crippen LogP contribution >= 0.6 is 15.9 Å². The SMILES string of the molecule is C=C/C(F)=C(/C=C\Br)C(=C)F. The van der Waals surface area contributed by atoms with E-state index in [9.17, 15) is 8.78 Å². The van der Waals surface area contributed by atoms with Crippen LogP contribution in [0.5, 0.6) is 0 Å². The normalized spacial score (nSPS) is 13.0. The van der Waals surface area contributed by atoms with Gasteiger partial charge in [-0.1, -0.05) is 29.1 Å². The molecule has 3 heteroatoms. The Hall–Kier alpha value is -0.700. The standard InChI is InChI=1S/C8H7BrF2/c1-3-8(11)7(4-5-9)6(2)10/h3-5H,1-2H2/b5-4-,8-7+. The van der Waals surface area contributed by atoms with Gasteiger partial charge >= 0.3 is 0 Å². The second kappa shape index (κ2) is 5.02. The Morgan fingerprint density at radius 2 is 1.91 bits per heavy atom. The summed E-state index contributed by atoms with van der Waals surface area (Å²) in [4.78, 5) is 1.34. The van der Waals surface area contributed by atoms with Crippen molar-refractivity contribution in [3.63, 3.8) is 0 Å². The van der Waals surface area contributed by atoms with Gasteiger partial charge in [0.05, 0.1) is 0 Å². The molecule has 0 saturated heterocycles. The van der Waals surface area contributed by atoms with E-state index in [1.807, 2.05) is 0 Å². The lowest BCUT2D eigenvalue weighted by molar-refractivity contribution is 0.620. The van der Waals surface area contributed by atoms with E-state index < -0.39 is 11.7 Å². The maximum atomic E-state index is 12.6. The molecule has 0 radical (unpaired) electrons. The van der Waals surface area contributed by atoms with Gasteiger partial charge in [0, 0.05) is 5.57 Å². The molecule has 0 aliphatic heterocycles. The van der Waals surface area contributed by atoms with Gasteiger partial charge in [-0.25, -0.2) is 8.78 Å². The van der Waals surface area contributed by atoms with Crippen LogP contribution in [0.4, 0.5) is 8.78 Å². The first kappa shape index (κ1) is 10.3. The van der Waals surface area contributed by atoms with E-state index in [2.05, 4.69) is 29.1 Å². The molecule has 0 atom stereocenters. The van der Waals surface area contributed by atoms with Crippen molar-refractivity contribution in [3.8, 4) is 0 Å². The zero-order chi connectivity index (χ0) is 8.85. The number of allylic oxidation sites excluding steroid dienone is 5. The first-order valence-electron chi connectivity index (χ1n) is 2.77. The number of rotatable bonds is 3. The minimum absolute atomic E-state index is 0.197. The lowest BCUT2D eigenvalue weighted by atomic mass is 10.2. The second-order valence-corrected chi connectivity index (χ2v) is 2.19. The van der Waals surface area contributed by atoms with E-state index in [4.69, 9.17) is 0 Å². The zero-order valence-electron chi connectivity index (χ0n) is 5.78. The summed E-state index contributed by atoms with van der Waals surface area (Å²) in [6, 6.07) is 0. The molecule has 60 valence electrons. The average Bonchev–Trinajstić information content (AvgIpc) is 1.98. The smallest absolute Gasteiger partial charge is 0.132 e. The van der Waals surface area contributed by atoms with Crippen LogP contribution < -0.4 is 0 Å². The van der Waals surface area contributed by atoms with Crippen molar-refractivity contribution in [3.05, 3.63) is 47.5 Å². The highest BCUT2D eigenvalue weighted by Gasteiger charge is 2.02. The fourth-order valence-electron chi connectivity index (χ4n) is 0.473. The maximum Gasteiger partial charge on any atom is 0.132 e. The quantitative estimate of drug-likeness (QED) is 0.636. The molecule has 0 N–H and O–H groups in total. The highest BCUT2D eigenvalue weighted by atomic mass is 79.9. The van der Waals surface area contributed by atoms with Gasteiger partial charge in [-0.2, -0.15) is 0 Å². The molecule has 0 aromatic rings. The Morgan fingerprint density at radius 1 is 1.36 bits per heavy atom. The molecule has 0 bridgehead atoms. The molecular formula is C8H7BrF2. The maximum absolute atomic E-state index is 12.6. The Bertz CT molecular complexity index is 226. The van der Waals surface area contributed by atoms with Crippen molar-refractivity contribution >= 4 is 15.9 Å². The van der Waals surface area contributed by atoms with E-state index in [1.54, 1.807) is 0 Å². The topological polar surface area (TPSA) is 0 Å². The largest absolute Gasteiger partial charge is 0.207 e. The fraction of sp³-hybridized carbons (Fsp3) is 0. The predicted octanol–water partition coefficient (Wildman–Crippen LogP) is 3.79. The van der Waals surface area contributed by atoms with E-state index in [-0.39, 0.29) is 5.57 Å². The summed E-state index contributed by atoms with van der Waals surface area (Å²) in [7, 11) is 0. The van der Waals surface area contributed by atoms with Crippen molar-refractivity contribution in [2.45, 2.75) is 0 Å². The lowest BCUT2D eigenvalue weighted by Crippen LogP contribution is -1.80. The fourth-order valence-corrected chi connectivity index (χ4v) is 0.737. The van der Waals surface area contributed by atoms with Crippen molar-refractivity contribution in [1.82, 2.24) is 0 Å². The van der Waals surface area contributed by atoms with Gasteiger partial charge in [0.15, 0.2) is 0 Å². The molecule has 0 spiro atoms. The number of hydrogen-bond donors (Lipinski definition) is 0. The molecule has 0 rings (SSSR count). The highest BCUT2D eigenvalue weighted by molar-refractivity contribution is 9.11. The third-order valence-electron chi connectivity index (χ3n) is 0.958. The van der Waals surface area contributed by atoms with Gasteiger partial charge in [0.25, 0.3) is 0 Å². The number of halogens is 3. The monoisotopic (exact) mass is 220 g/mol. The summed E-state index contributed by atoms with van der Waals surface area (Å²) in [5.74, 6) is -1.55. The van der Waals surface area contributed by atoms with Crippen LogP contribution in [0.25, 0.3) is 0 Å². The second-order valence-electron chi connectivity index (χ2n) is 1.66. The van der Waals surface area contributed by atoms with Crippen molar-refractivity contribution in [2.24, 2.45) is 0 Å². The van der Waals surface area contributed by atoms with Crippen LogP contribution in [0.2, 0.25) is 0 Å². The van der Waals surface area contributed by atoms with Crippen molar-refractivity contribution in [2.75, 3.05) is 0 Å². The van der Waals surface area contributed by atoms with Gasteiger partial charge < -0.3 is 0 Å². The molecule has 0 aliphatic rings. The molecule has 0 saturated carbocycles. The summed E-state index contributed by atoms with van der Waals surface area (Å²) in [6.45, 7) is 6.12. The molecule has 0 aliphatic carbocycles. The first-order chi connectivity index (χ1) is 5.13. The van der Waals surface area contributed by atoms with Crippen LogP contribution in [0.1, 0.15) is 0 Å². The Balaban J connectivity index is 4.87. The Morgan fingerprint density at radius 3 is 2.18 bits per heavy atom. The average molecular weight is 221 g/mol. The molecule has 0 heterocycles. The lowest BCUT2D eigenvalue weighted by Gasteiger charge is -1.95. The van der Waals surface area contributed by atoms with Crippen LogP contribution in [0.3, 0.4) is 0 Å². The van der Waals surface area contributed by atoms with Gasteiger partial charge in [-0.3, -0.25) is 0 Å². The van der Waals surface area contributed by atoms with Crippen LogP contribution in [-0.2, 0) is 0 Å². The summed E-state index contributed by atoms with van der Waals surface area (Å²) in [5.41, 5.74) is -0.197. The third-order valence-corrected chi connectivity index (χ3v) is 1.22. The number of hydrogen-bond acceptors (Lipinski definition) is 0. The molecular weight excluding hydrogens is 214 g/mol. The van der Waals surface area contributed by atoms with Crippen LogP contribution in [0.15, 0.2) is 47.5 Å². The van der Waals surface area contributed by atoms with E-state index in [1.165, 1.54) is 11.1 Å². The Kier molecular flexibility index (Phi) is 4.70. The van der Waals surface area contributed by atoms with Crippen molar-refractivity contribution < 1.29 is 8.78 Å². The molecule has 0 nitrogen and oxygen atoms in total. The molecule has 0 aromatic heterocycles. The van der Waals surface area contributed by atoms with E-state index >= 15 is 0 Å². The van der Waals surface area contributed by atoms with E-state index in [0.29, 0.717) is 0 Å². The molecule has 0 amide bonds. The van der Waals surface area contributed by atoms with E-state index in [0.717, 1.165) is 6.08 Å². The van der Waals surface area contributed by atoms with Crippen molar-refractivity contribution in [1.29, 1.82) is 0 Å². The summed E-state index contributed by atoms with van der Waals surface area (Å²) < 4.78 is 25.0. The third kappa shape index (κ3) is 3.28.